The number of amides is 3. The fraction of sp³-hybridized carbons (Fsp3) is 0.414. The Labute approximate surface area is 252 Å². The maximum absolute atomic E-state index is 13.6. The Morgan fingerprint density at radius 3 is 2.42 bits per heavy atom. The number of nitrogens with one attached hydrogen (secondary N) is 1. The van der Waals surface area contributed by atoms with Gasteiger partial charge < -0.3 is 11.1 Å². The molecule has 0 aliphatic carbocycles. The molecule has 232 valence electrons. The lowest BCUT2D eigenvalue weighted by Crippen LogP contribution is -2.49. The van der Waals surface area contributed by atoms with E-state index in [1.54, 1.807) is 0 Å². The number of anilines is 1. The minimum Gasteiger partial charge on any atom is -0.366 e. The van der Waals surface area contributed by atoms with Crippen LogP contribution in [0.25, 0.3) is 0 Å². The molecule has 0 saturated heterocycles. The topological polar surface area (TPSA) is 143 Å². The zero-order valence-electron chi connectivity index (χ0n) is 24.6. The first kappa shape index (κ1) is 34.0. The molecular weight excluding hydrogens is 605 g/mol. The highest BCUT2D eigenvalue weighted by atomic mass is 32.2. The van der Waals surface area contributed by atoms with Crippen molar-refractivity contribution in [3.8, 4) is 6.07 Å². The highest BCUT2D eigenvalue weighted by Gasteiger charge is 2.40. The molecule has 9 nitrogen and oxygen atoms in total. The number of primary amides is 1. The summed E-state index contributed by atoms with van der Waals surface area (Å²) >= 11 is -0.560. The first-order valence-electron chi connectivity index (χ1n) is 13.1. The normalized spacial score (nSPS) is 17.7. The maximum Gasteiger partial charge on any atom is 0.416 e. The molecule has 43 heavy (non-hydrogen) atoms. The predicted molar refractivity (Wildman–Crippen MR) is 158 cm³/mol. The summed E-state index contributed by atoms with van der Waals surface area (Å²) in [6, 6.07) is 7.36. The average molecular weight is 640 g/mol. The number of rotatable bonds is 9. The molecule has 2 aromatic rings. The van der Waals surface area contributed by atoms with Gasteiger partial charge in [0.15, 0.2) is 15.1 Å². The second-order valence-electron chi connectivity index (χ2n) is 11.1. The number of carbonyl (C=O) groups excluding carboxylic acids is 2. The highest BCUT2D eigenvalue weighted by molar-refractivity contribution is 7.92. The number of hydrogen-bond donors (Lipinski definition) is 2. The van der Waals surface area contributed by atoms with Gasteiger partial charge in [0.1, 0.15) is 24.0 Å². The van der Waals surface area contributed by atoms with Crippen molar-refractivity contribution in [2.24, 2.45) is 11.1 Å². The van der Waals surface area contributed by atoms with Crippen LogP contribution in [0.4, 0.5) is 23.7 Å². The molecule has 3 unspecified atom stereocenters. The highest BCUT2D eigenvalue weighted by Crippen LogP contribution is 2.38. The van der Waals surface area contributed by atoms with Crippen LogP contribution in [0.15, 0.2) is 58.6 Å². The Balaban J connectivity index is 2.06. The number of nitrogens with two attached hydrogens (primary N) is 1. The molecule has 1 aliphatic heterocycles. The van der Waals surface area contributed by atoms with Crippen molar-refractivity contribution in [1.82, 2.24) is 5.32 Å². The summed E-state index contributed by atoms with van der Waals surface area (Å²) in [5.74, 6) is -1.48. The van der Waals surface area contributed by atoms with Gasteiger partial charge in [-0.1, -0.05) is 32.9 Å². The molecule has 3 N–H and O–H groups in total. The first-order valence-corrected chi connectivity index (χ1v) is 16.4. The molecule has 2 aromatic carbocycles. The van der Waals surface area contributed by atoms with Gasteiger partial charge in [0.05, 0.1) is 45.1 Å². The summed E-state index contributed by atoms with van der Waals surface area (Å²) < 4.78 is 73.2. The van der Waals surface area contributed by atoms with Crippen LogP contribution in [-0.4, -0.2) is 44.2 Å². The van der Waals surface area contributed by atoms with E-state index in [1.807, 2.05) is 19.2 Å². The van der Waals surface area contributed by atoms with E-state index in [4.69, 9.17) is 9.92 Å². The number of sulfone groups is 1. The van der Waals surface area contributed by atoms with Gasteiger partial charge in [-0.2, -0.15) is 22.6 Å². The number of allylic oxidation sites excluding steroid dienone is 1. The van der Waals surface area contributed by atoms with E-state index >= 15 is 0 Å². The van der Waals surface area contributed by atoms with E-state index in [9.17, 15) is 36.4 Å². The van der Waals surface area contributed by atoms with Crippen molar-refractivity contribution in [1.29, 1.82) is 5.26 Å². The molecule has 0 fully saturated rings. The van der Waals surface area contributed by atoms with Crippen LogP contribution < -0.4 is 16.0 Å². The maximum atomic E-state index is 13.6. The molecule has 14 heteroatoms. The number of benzene rings is 2. The fourth-order valence-corrected chi connectivity index (χ4v) is 7.55. The zero-order chi connectivity index (χ0) is 32.5. The predicted octanol–water partition coefficient (Wildman–Crippen LogP) is 5.00. The van der Waals surface area contributed by atoms with Gasteiger partial charge in [-0.3, -0.25) is 9.69 Å². The van der Waals surface area contributed by atoms with Crippen LogP contribution in [0, 0.1) is 16.7 Å². The summed E-state index contributed by atoms with van der Waals surface area (Å²) in [5.41, 5.74) is 4.12. The number of nitriles is 1. The molecule has 0 aromatic heterocycles. The Morgan fingerprint density at radius 1 is 1.21 bits per heavy atom. The number of alkyl halides is 3. The summed E-state index contributed by atoms with van der Waals surface area (Å²) in [6.45, 7) is 9.37. The second-order valence-corrected chi connectivity index (χ2v) is 15.2. The smallest absolute Gasteiger partial charge is 0.366 e. The number of carbonyl (C=O) groups is 2. The second kappa shape index (κ2) is 12.6. The molecule has 3 atom stereocenters. The Hall–Kier alpha value is -3.54. The van der Waals surface area contributed by atoms with E-state index in [1.165, 1.54) is 25.1 Å². The van der Waals surface area contributed by atoms with Crippen molar-refractivity contribution in [2.45, 2.75) is 57.0 Å². The summed E-state index contributed by atoms with van der Waals surface area (Å²) in [6.07, 6.45) is -2.81. The lowest BCUT2D eigenvalue weighted by Gasteiger charge is -2.36. The van der Waals surface area contributed by atoms with E-state index in [-0.39, 0.29) is 50.3 Å². The summed E-state index contributed by atoms with van der Waals surface area (Å²) in [7, 11) is -4.14. The van der Waals surface area contributed by atoms with Crippen LogP contribution >= 0.6 is 0 Å². The molecular formula is C29H34F3N4O5S2+. The largest absolute Gasteiger partial charge is 0.416 e. The van der Waals surface area contributed by atoms with Gasteiger partial charge in [0.25, 0.3) is 0 Å². The number of nitrogens with zero attached hydrogens (tertiary/aromatic N) is 2. The van der Waals surface area contributed by atoms with Crippen LogP contribution in [-0.2, 0) is 36.2 Å². The number of urea groups is 1. The van der Waals surface area contributed by atoms with E-state index < -0.39 is 56.5 Å². The average Bonchev–Trinajstić information content (AvgIpc) is 2.90. The molecule has 1 heterocycles. The first-order chi connectivity index (χ1) is 19.8. The number of hydrogen-bond acceptors (Lipinski definition) is 6. The van der Waals surface area contributed by atoms with Gasteiger partial charge in [0, 0.05) is 11.1 Å². The van der Waals surface area contributed by atoms with Crippen molar-refractivity contribution < 1.29 is 35.4 Å². The molecule has 0 bridgehead atoms. The third-order valence-electron chi connectivity index (χ3n) is 7.31. The van der Waals surface area contributed by atoms with Crippen LogP contribution in [0.5, 0.6) is 0 Å². The van der Waals surface area contributed by atoms with Crippen molar-refractivity contribution in [3.05, 3.63) is 70.4 Å². The van der Waals surface area contributed by atoms with Gasteiger partial charge >= 0.3 is 12.2 Å². The van der Waals surface area contributed by atoms with Gasteiger partial charge in [-0.15, -0.1) is 0 Å². The molecule has 3 amide bonds. The molecule has 0 radical (unpaired) electrons. The fourth-order valence-electron chi connectivity index (χ4n) is 4.52. The van der Waals surface area contributed by atoms with E-state index in [0.29, 0.717) is 0 Å². The quantitative estimate of drug-likeness (QED) is 0.370. The third-order valence-corrected chi connectivity index (χ3v) is 11.3. The SMILES string of the molecule is CC1=C(C(N)=O)C(c2ccc(C#N)cc2S(=O)(=O)CCO[S+](C)C(C)C(C)(C)C)NC(=O)N1c1cccc(C(F)(F)F)c1. The standard InChI is InChI=1S/C29H33F3N4O5S2/c1-17-24(26(34)37)25(35-27(38)36(17)21-9-7-8-20(15-21)29(30,31)32)22-11-10-19(16-33)14-23(22)43(39,40)13-12-41-42(6)18(2)28(3,4)5/h7-11,14-15,18,25H,12-13H2,1-6H3,(H2-,34,35,37,38)/p+1. The van der Waals surface area contributed by atoms with Gasteiger partial charge in [-0.05, 0) is 49.7 Å². The van der Waals surface area contributed by atoms with E-state index in [0.717, 1.165) is 29.2 Å². The zero-order valence-corrected chi connectivity index (χ0v) is 26.2. The van der Waals surface area contributed by atoms with Crippen molar-refractivity contribution in [2.75, 3.05) is 23.5 Å². The lowest BCUT2D eigenvalue weighted by molar-refractivity contribution is -0.137. The van der Waals surface area contributed by atoms with E-state index in [2.05, 4.69) is 26.1 Å². The van der Waals surface area contributed by atoms with Crippen LogP contribution in [0.2, 0.25) is 0 Å². The number of halogens is 3. The lowest BCUT2D eigenvalue weighted by atomic mass is 9.93. The van der Waals surface area contributed by atoms with Crippen LogP contribution in [0.3, 0.4) is 0 Å². The third kappa shape index (κ3) is 7.52. The van der Waals surface area contributed by atoms with Crippen molar-refractivity contribution in [3.63, 3.8) is 0 Å². The summed E-state index contributed by atoms with van der Waals surface area (Å²) in [5, 5.41) is 12.1. The monoisotopic (exact) mass is 639 g/mol. The summed E-state index contributed by atoms with van der Waals surface area (Å²) in [4.78, 5) is 26.6. The van der Waals surface area contributed by atoms with Crippen molar-refractivity contribution >= 4 is 38.6 Å². The minimum atomic E-state index is -4.69. The molecule has 0 saturated carbocycles. The Morgan fingerprint density at radius 2 is 1.86 bits per heavy atom. The van der Waals surface area contributed by atoms with Gasteiger partial charge in [-0.25, -0.2) is 13.2 Å². The Kier molecular flexibility index (Phi) is 9.95. The minimum absolute atomic E-state index is 0.0221. The molecule has 3 rings (SSSR count). The molecule has 0 spiro atoms. The van der Waals surface area contributed by atoms with Crippen LogP contribution in [0.1, 0.15) is 57.4 Å². The Bertz CT molecular complexity index is 1590. The van der Waals surface area contributed by atoms with Gasteiger partial charge in [0.2, 0.25) is 5.91 Å². The molecule has 1 aliphatic rings.